The van der Waals surface area contributed by atoms with Gasteiger partial charge in [0.2, 0.25) is 0 Å². The van der Waals surface area contributed by atoms with Crippen molar-refractivity contribution in [3.8, 4) is 5.75 Å². The maximum atomic E-state index is 12.7. The van der Waals surface area contributed by atoms with Gasteiger partial charge in [-0.3, -0.25) is 10.2 Å². The van der Waals surface area contributed by atoms with Gasteiger partial charge >= 0.3 is 6.09 Å². The van der Waals surface area contributed by atoms with Crippen molar-refractivity contribution in [2.45, 2.75) is 65.4 Å². The van der Waals surface area contributed by atoms with Crippen LogP contribution in [0.5, 0.6) is 5.75 Å². The number of carbonyl (C=O) groups excluding carboxylic acids is 1. The van der Waals surface area contributed by atoms with E-state index in [9.17, 15) is 4.79 Å². The number of carbonyl (C=O) groups is 1. The molecule has 2 rings (SSSR count). The molecule has 1 atom stereocenters. The fraction of sp³-hybridized carbons (Fsp3) is 0.708. The van der Waals surface area contributed by atoms with E-state index in [0.29, 0.717) is 12.3 Å². The smallest absolute Gasteiger partial charge is 0.411 e. The third-order valence-electron chi connectivity index (χ3n) is 5.64. The lowest BCUT2D eigenvalue weighted by Crippen LogP contribution is -2.43. The molecular weight excluding hydrogens is 378 g/mol. The third-order valence-corrected chi connectivity index (χ3v) is 5.64. The molecule has 1 unspecified atom stereocenters. The van der Waals surface area contributed by atoms with Gasteiger partial charge in [0, 0.05) is 24.8 Å². The summed E-state index contributed by atoms with van der Waals surface area (Å²) in [4.78, 5) is 17.4. The summed E-state index contributed by atoms with van der Waals surface area (Å²) in [6, 6.07) is 7.52. The van der Waals surface area contributed by atoms with E-state index in [0.717, 1.165) is 57.9 Å². The zero-order valence-corrected chi connectivity index (χ0v) is 19.2. The predicted octanol–water partition coefficient (Wildman–Crippen LogP) is 5.00. The molecule has 1 aliphatic rings. The summed E-state index contributed by atoms with van der Waals surface area (Å²) in [6.45, 7) is 12.8. The number of benzene rings is 1. The van der Waals surface area contributed by atoms with E-state index in [2.05, 4.69) is 35.9 Å². The van der Waals surface area contributed by atoms with E-state index in [4.69, 9.17) is 9.47 Å². The minimum Gasteiger partial charge on any atom is -0.494 e. The molecule has 0 saturated carbocycles. The van der Waals surface area contributed by atoms with Gasteiger partial charge in [-0.15, -0.1) is 0 Å². The summed E-state index contributed by atoms with van der Waals surface area (Å²) < 4.78 is 11.6. The van der Waals surface area contributed by atoms with Gasteiger partial charge in [0.25, 0.3) is 0 Å². The number of ether oxygens (including phenoxy) is 2. The summed E-state index contributed by atoms with van der Waals surface area (Å²) in [6.07, 6.45) is 6.63. The fourth-order valence-electron chi connectivity index (χ4n) is 3.81. The Morgan fingerprint density at radius 1 is 1.13 bits per heavy atom. The topological polar surface area (TPSA) is 54.0 Å². The molecule has 30 heavy (non-hydrogen) atoms. The number of rotatable bonds is 12. The normalized spacial score (nSPS) is 16.1. The predicted molar refractivity (Wildman–Crippen MR) is 123 cm³/mol. The van der Waals surface area contributed by atoms with Crippen LogP contribution in [-0.2, 0) is 4.74 Å². The zero-order valence-electron chi connectivity index (χ0n) is 19.2. The van der Waals surface area contributed by atoms with Gasteiger partial charge in [0.05, 0.1) is 6.61 Å². The third kappa shape index (κ3) is 9.35. The van der Waals surface area contributed by atoms with E-state index in [-0.39, 0.29) is 6.10 Å². The number of amides is 1. The molecule has 1 aromatic rings. The van der Waals surface area contributed by atoms with Crippen molar-refractivity contribution >= 4 is 11.8 Å². The van der Waals surface area contributed by atoms with Crippen molar-refractivity contribution in [3.63, 3.8) is 0 Å². The van der Waals surface area contributed by atoms with E-state index in [1.54, 1.807) is 0 Å². The highest BCUT2D eigenvalue weighted by molar-refractivity contribution is 5.85. The number of hydrogen-bond donors (Lipinski definition) is 1. The second kappa shape index (κ2) is 14.3. The van der Waals surface area contributed by atoms with Crippen LogP contribution in [0.4, 0.5) is 10.5 Å². The molecule has 1 saturated heterocycles. The van der Waals surface area contributed by atoms with Gasteiger partial charge in [0.1, 0.15) is 11.9 Å². The van der Waals surface area contributed by atoms with Gasteiger partial charge < -0.3 is 14.4 Å². The molecule has 1 heterocycles. The lowest BCUT2D eigenvalue weighted by Gasteiger charge is -2.30. The summed E-state index contributed by atoms with van der Waals surface area (Å²) in [7, 11) is 0. The van der Waals surface area contributed by atoms with Crippen LogP contribution < -0.4 is 10.1 Å². The first-order valence-electron chi connectivity index (χ1n) is 11.8. The van der Waals surface area contributed by atoms with Crippen LogP contribution in [0.25, 0.3) is 0 Å². The zero-order chi connectivity index (χ0) is 21.6. The average Bonchev–Trinajstić information content (AvgIpc) is 3.01. The highest BCUT2D eigenvalue weighted by Gasteiger charge is 2.21. The first-order valence-corrected chi connectivity index (χ1v) is 11.8. The summed E-state index contributed by atoms with van der Waals surface area (Å²) in [5.41, 5.74) is 0.699. The van der Waals surface area contributed by atoms with E-state index in [1.807, 2.05) is 24.3 Å². The first-order chi connectivity index (χ1) is 14.6. The van der Waals surface area contributed by atoms with Crippen molar-refractivity contribution in [1.82, 2.24) is 9.80 Å². The van der Waals surface area contributed by atoms with Crippen molar-refractivity contribution in [2.24, 2.45) is 0 Å². The van der Waals surface area contributed by atoms with Crippen LogP contribution in [0, 0.1) is 0 Å². The molecule has 6 heteroatoms. The maximum Gasteiger partial charge on any atom is 0.411 e. The number of likely N-dealkylation sites (N-methyl/N-ethyl adjacent to an activating group) is 1. The van der Waals surface area contributed by atoms with Gasteiger partial charge in [-0.25, -0.2) is 4.79 Å². The summed E-state index contributed by atoms with van der Waals surface area (Å²) >= 11 is 0. The molecule has 0 aliphatic carbocycles. The van der Waals surface area contributed by atoms with E-state index >= 15 is 0 Å². The monoisotopic (exact) mass is 419 g/mol. The summed E-state index contributed by atoms with van der Waals surface area (Å²) in [5.74, 6) is 0.769. The van der Waals surface area contributed by atoms with Gasteiger partial charge in [-0.1, -0.05) is 46.1 Å². The maximum absolute atomic E-state index is 12.7. The molecule has 6 nitrogen and oxygen atoms in total. The molecule has 1 aromatic carbocycles. The van der Waals surface area contributed by atoms with E-state index in [1.165, 1.54) is 25.7 Å². The standard InChI is InChI=1S/C24H41N3O3/c1-4-7-17-29-22-14-12-13-21(18-22)25-24(28)30-23(19-26(5-2)6-3)20-27-15-10-8-9-11-16-27/h12-14,18,23H,4-11,15-17,19-20H2,1-3H3,(H,25,28). The summed E-state index contributed by atoms with van der Waals surface area (Å²) in [5, 5.41) is 2.88. The Hall–Kier alpha value is -1.79. The van der Waals surface area contributed by atoms with Crippen molar-refractivity contribution in [1.29, 1.82) is 0 Å². The van der Waals surface area contributed by atoms with Crippen LogP contribution in [0.1, 0.15) is 59.3 Å². The molecule has 170 valence electrons. The Balaban J connectivity index is 1.94. The molecule has 0 radical (unpaired) electrons. The number of anilines is 1. The SMILES string of the molecule is CCCCOc1cccc(NC(=O)OC(CN(CC)CC)CN2CCCCCC2)c1. The van der Waals surface area contributed by atoms with Gasteiger partial charge in [-0.2, -0.15) is 0 Å². The lowest BCUT2D eigenvalue weighted by molar-refractivity contribution is 0.0558. The van der Waals surface area contributed by atoms with Gasteiger partial charge in [0.15, 0.2) is 0 Å². The number of nitrogens with zero attached hydrogens (tertiary/aromatic N) is 2. The molecular formula is C24H41N3O3. The first kappa shape index (κ1) is 24.5. The number of likely N-dealkylation sites (tertiary alicyclic amines) is 1. The fourth-order valence-corrected chi connectivity index (χ4v) is 3.81. The van der Waals surface area contributed by atoms with E-state index < -0.39 is 6.09 Å². The molecule has 0 bridgehead atoms. The Morgan fingerprint density at radius 3 is 2.53 bits per heavy atom. The Labute approximate surface area is 182 Å². The number of nitrogens with one attached hydrogen (secondary N) is 1. The highest BCUT2D eigenvalue weighted by atomic mass is 16.6. The minimum atomic E-state index is -0.396. The molecule has 1 amide bonds. The molecule has 1 N–H and O–H groups in total. The van der Waals surface area contributed by atoms with Crippen LogP contribution in [0.3, 0.4) is 0 Å². The van der Waals surface area contributed by atoms with Crippen LogP contribution in [0.2, 0.25) is 0 Å². The second-order valence-corrected chi connectivity index (χ2v) is 8.08. The number of unbranched alkanes of at least 4 members (excludes halogenated alkanes) is 1. The average molecular weight is 420 g/mol. The van der Waals surface area contributed by atoms with Crippen LogP contribution >= 0.6 is 0 Å². The van der Waals surface area contributed by atoms with Crippen molar-refractivity contribution in [3.05, 3.63) is 24.3 Å². The Bertz CT molecular complexity index is 599. The number of hydrogen-bond acceptors (Lipinski definition) is 5. The molecule has 1 aliphatic heterocycles. The highest BCUT2D eigenvalue weighted by Crippen LogP contribution is 2.18. The Morgan fingerprint density at radius 2 is 1.87 bits per heavy atom. The second-order valence-electron chi connectivity index (χ2n) is 8.08. The molecule has 0 spiro atoms. The van der Waals surface area contributed by atoms with Crippen LogP contribution in [-0.4, -0.2) is 67.9 Å². The van der Waals surface area contributed by atoms with Crippen molar-refractivity contribution in [2.75, 3.05) is 51.2 Å². The Kier molecular flexibility index (Phi) is 11.6. The van der Waals surface area contributed by atoms with Crippen molar-refractivity contribution < 1.29 is 14.3 Å². The largest absolute Gasteiger partial charge is 0.494 e. The van der Waals surface area contributed by atoms with Crippen LogP contribution in [0.15, 0.2) is 24.3 Å². The molecule has 0 aromatic heterocycles. The minimum absolute atomic E-state index is 0.146. The molecule has 1 fully saturated rings. The van der Waals surface area contributed by atoms with Gasteiger partial charge in [-0.05, 0) is 57.6 Å². The quantitative estimate of drug-likeness (QED) is 0.483. The lowest BCUT2D eigenvalue weighted by atomic mass is 10.2.